The van der Waals surface area contributed by atoms with Crippen molar-refractivity contribution < 1.29 is 12.8 Å². The number of sulfonamides is 1. The van der Waals surface area contributed by atoms with E-state index in [9.17, 15) is 12.8 Å². The van der Waals surface area contributed by atoms with E-state index in [1.807, 2.05) is 24.3 Å². The Kier molecular flexibility index (Phi) is 3.43. The van der Waals surface area contributed by atoms with Gasteiger partial charge in [0, 0.05) is 12.5 Å². The molecule has 0 heterocycles. The molecule has 0 saturated carbocycles. The number of nitrogen functional groups attached to an aromatic ring is 1. The molecule has 110 valence electrons. The van der Waals surface area contributed by atoms with Gasteiger partial charge >= 0.3 is 0 Å². The lowest BCUT2D eigenvalue weighted by Gasteiger charge is -2.30. The highest BCUT2D eigenvalue weighted by molar-refractivity contribution is 7.89. The van der Waals surface area contributed by atoms with Gasteiger partial charge in [-0.1, -0.05) is 30.3 Å². The minimum absolute atomic E-state index is 0.0866. The zero-order valence-electron chi connectivity index (χ0n) is 11.2. The van der Waals surface area contributed by atoms with Crippen LogP contribution in [0, 0.1) is 5.82 Å². The van der Waals surface area contributed by atoms with E-state index in [1.165, 1.54) is 17.7 Å². The number of halogens is 1. The minimum Gasteiger partial charge on any atom is -0.398 e. The van der Waals surface area contributed by atoms with Crippen LogP contribution in [0.3, 0.4) is 0 Å². The van der Waals surface area contributed by atoms with Gasteiger partial charge in [-0.25, -0.2) is 17.5 Å². The van der Waals surface area contributed by atoms with Crippen molar-refractivity contribution in [3.63, 3.8) is 0 Å². The number of benzene rings is 2. The van der Waals surface area contributed by atoms with Gasteiger partial charge in [0.1, 0.15) is 10.7 Å². The van der Waals surface area contributed by atoms with Crippen molar-refractivity contribution in [3.05, 3.63) is 59.4 Å². The number of rotatable bonds is 4. The maximum atomic E-state index is 13.7. The highest BCUT2D eigenvalue weighted by Gasteiger charge is 2.28. The standard InChI is InChI=1S/C15H15FN2O2S/c16-13-6-3-7-14(17)15(13)21(19,20)18-9-11-8-10-4-1-2-5-12(10)11/h1-7,11,18H,8-9,17H2. The fourth-order valence-corrected chi connectivity index (χ4v) is 3.90. The Labute approximate surface area is 122 Å². The molecule has 1 atom stereocenters. The molecule has 0 fully saturated rings. The Morgan fingerprint density at radius 3 is 2.67 bits per heavy atom. The molecule has 3 N–H and O–H groups in total. The Hall–Kier alpha value is -1.92. The van der Waals surface area contributed by atoms with Crippen molar-refractivity contribution in [2.75, 3.05) is 12.3 Å². The van der Waals surface area contributed by atoms with E-state index in [4.69, 9.17) is 5.73 Å². The average molecular weight is 306 g/mol. The molecule has 0 bridgehead atoms. The number of hydrogen-bond donors (Lipinski definition) is 2. The van der Waals surface area contributed by atoms with Gasteiger partial charge < -0.3 is 5.73 Å². The van der Waals surface area contributed by atoms with Crippen LogP contribution in [-0.2, 0) is 16.4 Å². The number of fused-ring (bicyclic) bond motifs is 1. The molecule has 0 saturated heterocycles. The third-order valence-corrected chi connectivity index (χ3v) is 5.26. The largest absolute Gasteiger partial charge is 0.398 e. The molecule has 1 aliphatic rings. The zero-order chi connectivity index (χ0) is 15.0. The smallest absolute Gasteiger partial charge is 0.245 e. The lowest BCUT2D eigenvalue weighted by molar-refractivity contribution is 0.540. The van der Waals surface area contributed by atoms with E-state index in [2.05, 4.69) is 4.72 Å². The lowest BCUT2D eigenvalue weighted by Crippen LogP contribution is -2.33. The van der Waals surface area contributed by atoms with E-state index < -0.39 is 20.7 Å². The Bertz CT molecular complexity index is 770. The average Bonchev–Trinajstić information content (AvgIpc) is 2.39. The van der Waals surface area contributed by atoms with Gasteiger partial charge in [0.2, 0.25) is 10.0 Å². The summed E-state index contributed by atoms with van der Waals surface area (Å²) in [5, 5.41) is 0. The molecule has 2 aromatic rings. The molecule has 1 aliphatic carbocycles. The van der Waals surface area contributed by atoms with Gasteiger partial charge in [0.25, 0.3) is 0 Å². The van der Waals surface area contributed by atoms with Gasteiger partial charge in [-0.2, -0.15) is 0 Å². The second-order valence-electron chi connectivity index (χ2n) is 5.11. The first-order valence-corrected chi connectivity index (χ1v) is 8.09. The Morgan fingerprint density at radius 2 is 1.95 bits per heavy atom. The first-order chi connectivity index (χ1) is 9.99. The molecule has 0 spiro atoms. The molecule has 2 aromatic carbocycles. The van der Waals surface area contributed by atoms with Gasteiger partial charge in [-0.3, -0.25) is 0 Å². The van der Waals surface area contributed by atoms with E-state index in [0.717, 1.165) is 18.1 Å². The number of anilines is 1. The van der Waals surface area contributed by atoms with E-state index in [0.29, 0.717) is 0 Å². The maximum Gasteiger partial charge on any atom is 0.245 e. The summed E-state index contributed by atoms with van der Waals surface area (Å²) in [6.07, 6.45) is 0.825. The van der Waals surface area contributed by atoms with Gasteiger partial charge in [0.15, 0.2) is 0 Å². The fraction of sp³-hybridized carbons (Fsp3) is 0.200. The number of nitrogens with one attached hydrogen (secondary N) is 1. The van der Waals surface area contributed by atoms with E-state index in [-0.39, 0.29) is 18.2 Å². The summed E-state index contributed by atoms with van der Waals surface area (Å²) in [4.78, 5) is -0.474. The maximum absolute atomic E-state index is 13.7. The van der Waals surface area contributed by atoms with Crippen LogP contribution in [0.1, 0.15) is 17.0 Å². The molecular formula is C15H15FN2O2S. The van der Waals surface area contributed by atoms with Crippen LogP contribution >= 0.6 is 0 Å². The van der Waals surface area contributed by atoms with Crippen molar-refractivity contribution in [1.82, 2.24) is 4.72 Å². The van der Waals surface area contributed by atoms with Crippen molar-refractivity contribution >= 4 is 15.7 Å². The van der Waals surface area contributed by atoms with E-state index in [1.54, 1.807) is 0 Å². The van der Waals surface area contributed by atoms with Crippen LogP contribution in [0.5, 0.6) is 0 Å². The van der Waals surface area contributed by atoms with Crippen LogP contribution < -0.4 is 10.5 Å². The lowest BCUT2D eigenvalue weighted by atomic mass is 9.78. The van der Waals surface area contributed by atoms with Gasteiger partial charge in [-0.05, 0) is 29.7 Å². The molecule has 1 unspecified atom stereocenters. The first-order valence-electron chi connectivity index (χ1n) is 6.60. The summed E-state index contributed by atoms with van der Waals surface area (Å²) in [5.41, 5.74) is 7.86. The van der Waals surface area contributed by atoms with Crippen LogP contribution in [-0.4, -0.2) is 15.0 Å². The molecule has 0 radical (unpaired) electrons. The quantitative estimate of drug-likeness (QED) is 0.849. The molecule has 0 amide bonds. The molecule has 6 heteroatoms. The predicted octanol–water partition coefficient (Wildman–Crippen LogP) is 2.03. The topological polar surface area (TPSA) is 72.2 Å². The van der Waals surface area contributed by atoms with Gasteiger partial charge in [-0.15, -0.1) is 0 Å². The van der Waals surface area contributed by atoms with Crippen LogP contribution in [0.25, 0.3) is 0 Å². The summed E-state index contributed by atoms with van der Waals surface area (Å²) >= 11 is 0. The summed E-state index contributed by atoms with van der Waals surface area (Å²) in [7, 11) is -3.95. The SMILES string of the molecule is Nc1cccc(F)c1S(=O)(=O)NCC1Cc2ccccc21. The van der Waals surface area contributed by atoms with Crippen molar-refractivity contribution in [1.29, 1.82) is 0 Å². The molecule has 3 rings (SSSR count). The minimum atomic E-state index is -3.95. The van der Waals surface area contributed by atoms with Crippen molar-refractivity contribution in [2.24, 2.45) is 0 Å². The zero-order valence-corrected chi connectivity index (χ0v) is 12.0. The second-order valence-corrected chi connectivity index (χ2v) is 6.81. The summed E-state index contributed by atoms with van der Waals surface area (Å²) in [6, 6.07) is 11.7. The first kappa shape index (κ1) is 14.0. The Balaban J connectivity index is 1.77. The third-order valence-electron chi connectivity index (χ3n) is 3.75. The number of hydrogen-bond acceptors (Lipinski definition) is 3. The predicted molar refractivity (Wildman–Crippen MR) is 78.9 cm³/mol. The summed E-state index contributed by atoms with van der Waals surface area (Å²) in [6.45, 7) is 0.243. The van der Waals surface area contributed by atoms with Crippen molar-refractivity contribution in [3.8, 4) is 0 Å². The Morgan fingerprint density at radius 1 is 1.19 bits per heavy atom. The second kappa shape index (κ2) is 5.13. The van der Waals surface area contributed by atoms with Crippen molar-refractivity contribution in [2.45, 2.75) is 17.2 Å². The molecular weight excluding hydrogens is 291 g/mol. The number of nitrogens with two attached hydrogens (primary N) is 1. The highest BCUT2D eigenvalue weighted by atomic mass is 32.2. The molecule has 4 nitrogen and oxygen atoms in total. The summed E-state index contributed by atoms with van der Waals surface area (Å²) < 4.78 is 40.6. The monoisotopic (exact) mass is 306 g/mol. The molecule has 0 aromatic heterocycles. The van der Waals surface area contributed by atoms with Gasteiger partial charge in [0.05, 0.1) is 5.69 Å². The van der Waals surface area contributed by atoms with E-state index >= 15 is 0 Å². The molecule has 21 heavy (non-hydrogen) atoms. The third kappa shape index (κ3) is 2.52. The summed E-state index contributed by atoms with van der Waals surface area (Å²) in [5.74, 6) is -0.708. The normalized spacial score (nSPS) is 17.1. The highest BCUT2D eigenvalue weighted by Crippen LogP contribution is 2.34. The van der Waals surface area contributed by atoms with Crippen LogP contribution in [0.2, 0.25) is 0 Å². The fourth-order valence-electron chi connectivity index (χ4n) is 2.64. The van der Waals surface area contributed by atoms with Crippen LogP contribution in [0.4, 0.5) is 10.1 Å². The van der Waals surface area contributed by atoms with Crippen LogP contribution in [0.15, 0.2) is 47.4 Å². The molecule has 0 aliphatic heterocycles.